The van der Waals surface area contributed by atoms with Gasteiger partial charge in [0.15, 0.2) is 0 Å². The molecule has 0 spiro atoms. The minimum Gasteiger partial charge on any atom is -0.696 e. The maximum absolute atomic E-state index is 12.7. The summed E-state index contributed by atoms with van der Waals surface area (Å²) in [7, 11) is 0. The molecule has 0 saturated carbocycles. The fourth-order valence-electron chi connectivity index (χ4n) is 4.86. The number of hydrogen-bond acceptors (Lipinski definition) is 10. The third-order valence-corrected chi connectivity index (χ3v) is 7.73. The number of carbonyl (C=O) groups is 3. The van der Waals surface area contributed by atoms with Crippen LogP contribution in [0.1, 0.15) is 74.2 Å². The van der Waals surface area contributed by atoms with E-state index in [2.05, 4.69) is 75.7 Å². The van der Waals surface area contributed by atoms with Crippen LogP contribution in [0.3, 0.4) is 0 Å². The zero-order chi connectivity index (χ0) is 41.9. The van der Waals surface area contributed by atoms with Crippen molar-refractivity contribution in [3.05, 3.63) is 137 Å². The summed E-state index contributed by atoms with van der Waals surface area (Å²) in [5, 5.41) is 42.8. The zero-order valence-electron chi connectivity index (χ0n) is 30.5. The number of thiocyanates is 1. The van der Waals surface area contributed by atoms with Crippen LogP contribution < -0.4 is 5.10 Å². The first-order valence-corrected chi connectivity index (χ1v) is 16.8. The van der Waals surface area contributed by atoms with Gasteiger partial charge in [0, 0.05) is 24.3 Å². The van der Waals surface area contributed by atoms with E-state index in [0.29, 0.717) is 5.69 Å². The first kappa shape index (κ1) is 45.7. The first-order valence-electron chi connectivity index (χ1n) is 16.4. The van der Waals surface area contributed by atoms with Gasteiger partial charge in [-0.25, -0.2) is 24.6 Å². The third-order valence-electron chi connectivity index (χ3n) is 7.73. The van der Waals surface area contributed by atoms with E-state index in [0.717, 1.165) is 17.2 Å². The van der Waals surface area contributed by atoms with Crippen LogP contribution in [0.4, 0.5) is 13.2 Å². The molecule has 13 nitrogen and oxygen atoms in total. The molecule has 5 aromatic heterocycles. The topological polar surface area (TPSA) is 214 Å². The van der Waals surface area contributed by atoms with E-state index in [-0.39, 0.29) is 70.1 Å². The van der Waals surface area contributed by atoms with E-state index in [1.165, 1.54) is 59.8 Å². The summed E-state index contributed by atoms with van der Waals surface area (Å²) in [5.41, 5.74) is 3.01. The number of carboxylic acid groups (broad SMARTS) is 3. The van der Waals surface area contributed by atoms with Crippen molar-refractivity contribution in [2.75, 3.05) is 0 Å². The number of nitriles is 1. The number of alkyl halides is 3. The monoisotopic (exact) mass is 895 g/mol. The summed E-state index contributed by atoms with van der Waals surface area (Å²) in [6.45, 7) is 6.48. The molecule has 0 aliphatic carbocycles. The summed E-state index contributed by atoms with van der Waals surface area (Å²) in [6, 6.07) is 20.3. The van der Waals surface area contributed by atoms with Crippen molar-refractivity contribution in [2.24, 2.45) is 0 Å². The Morgan fingerprint density at radius 3 is 1.57 bits per heavy atom. The summed E-state index contributed by atoms with van der Waals surface area (Å²) in [5.74, 6) is -3.56. The number of hydrogen-bond donors (Lipinski definition) is 3. The minimum atomic E-state index is -4.51. The van der Waals surface area contributed by atoms with Gasteiger partial charge in [-0.05, 0) is 76.7 Å². The van der Waals surface area contributed by atoms with E-state index < -0.39 is 29.8 Å². The van der Waals surface area contributed by atoms with Crippen molar-refractivity contribution in [1.82, 2.24) is 30.1 Å². The molecule has 6 rings (SSSR count). The Hall–Kier alpha value is -6.70. The molecular weight excluding hydrogens is 865 g/mol. The summed E-state index contributed by atoms with van der Waals surface area (Å²) in [4.78, 5) is 50.2. The van der Waals surface area contributed by atoms with Crippen molar-refractivity contribution >= 4 is 42.7 Å². The van der Waals surface area contributed by atoms with Gasteiger partial charge in [0.05, 0.1) is 39.5 Å². The van der Waals surface area contributed by atoms with Crippen LogP contribution in [0, 0.1) is 10.7 Å². The minimum absolute atomic E-state index is 0. The molecule has 0 fully saturated rings. The van der Waals surface area contributed by atoms with Crippen LogP contribution in [-0.4, -0.2) is 58.3 Å². The number of carboxylic acids is 3. The van der Waals surface area contributed by atoms with Crippen molar-refractivity contribution in [3.8, 4) is 39.6 Å². The zero-order valence-corrected chi connectivity index (χ0v) is 33.0. The van der Waals surface area contributed by atoms with Crippen LogP contribution in [0.15, 0.2) is 97.5 Å². The second-order valence-electron chi connectivity index (χ2n) is 12.8. The van der Waals surface area contributed by atoms with Gasteiger partial charge in [-0.2, -0.15) is 13.2 Å². The summed E-state index contributed by atoms with van der Waals surface area (Å²) >= 11 is 3.70. The van der Waals surface area contributed by atoms with Gasteiger partial charge >= 0.3 is 43.6 Å². The molecule has 0 amide bonds. The van der Waals surface area contributed by atoms with E-state index in [9.17, 15) is 32.7 Å². The number of aromatic nitrogens is 6. The Morgan fingerprint density at radius 1 is 0.672 bits per heavy atom. The Labute approximate surface area is 347 Å². The van der Waals surface area contributed by atoms with Gasteiger partial charge < -0.3 is 38.1 Å². The Balaban J connectivity index is 0.000000286. The molecule has 0 saturated heterocycles. The van der Waals surface area contributed by atoms with Crippen LogP contribution >= 0.6 is 0 Å². The second-order valence-corrected chi connectivity index (χ2v) is 13.0. The average molecular weight is 895 g/mol. The molecular formula is C40H30F3N7O6RuS. The molecule has 0 atom stereocenters. The smallest absolute Gasteiger partial charge is 0.696 e. The molecule has 1 aromatic carbocycles. The fourth-order valence-corrected chi connectivity index (χ4v) is 4.86. The first-order chi connectivity index (χ1) is 26.9. The molecule has 296 valence electrons. The van der Waals surface area contributed by atoms with E-state index in [1.807, 2.05) is 24.3 Å². The quantitative estimate of drug-likeness (QED) is 0.0753. The van der Waals surface area contributed by atoms with Gasteiger partial charge in [0.2, 0.25) is 0 Å². The van der Waals surface area contributed by atoms with E-state index >= 15 is 0 Å². The number of aromatic carboxylic acids is 3. The van der Waals surface area contributed by atoms with Gasteiger partial charge in [-0.3, -0.25) is 15.0 Å². The van der Waals surface area contributed by atoms with Crippen molar-refractivity contribution < 1.29 is 62.4 Å². The number of rotatable bonds is 8. The second kappa shape index (κ2) is 19.9. The Kier molecular flexibility index (Phi) is 15.7. The molecule has 6 aromatic rings. The third kappa shape index (κ3) is 12.7. The molecule has 5 heterocycles. The van der Waals surface area contributed by atoms with Crippen molar-refractivity contribution in [2.45, 2.75) is 32.4 Å². The number of pyridine rings is 4. The maximum atomic E-state index is 12.7. The van der Waals surface area contributed by atoms with Gasteiger partial charge in [-0.1, -0.05) is 68.3 Å². The number of benzene rings is 1. The van der Waals surface area contributed by atoms with Gasteiger partial charge in [0.25, 0.3) is 0 Å². The maximum Gasteiger partial charge on any atom is 2.00 e. The summed E-state index contributed by atoms with van der Waals surface area (Å²) in [6.07, 6.45) is 3.41. The SMILES string of the molecule is CC(C)(C)c1ccc(C=Cc2ccnc(-c3cc(C(F)(F)F)n[n-]3)c2)cc1.N#C[S-].O=C(O)c1ccnc(-c2cc(C(=O)O)cc(-c3cc(C(=O)O)ccn3)n2)c1.[Ru+2]. The van der Waals surface area contributed by atoms with E-state index in [1.54, 1.807) is 18.3 Å². The molecule has 0 bridgehead atoms. The van der Waals surface area contributed by atoms with Gasteiger partial charge in [-0.15, -0.1) is 0 Å². The van der Waals surface area contributed by atoms with E-state index in [4.69, 9.17) is 15.5 Å². The molecule has 3 N–H and O–H groups in total. The molecule has 18 heteroatoms. The largest absolute Gasteiger partial charge is 2.00 e. The van der Waals surface area contributed by atoms with Crippen LogP contribution in [0.25, 0.3) is 46.3 Å². The Bertz CT molecular complexity index is 2410. The molecule has 0 radical (unpaired) electrons. The number of halogens is 3. The predicted octanol–water partition coefficient (Wildman–Crippen LogP) is 7.90. The van der Waals surface area contributed by atoms with Crippen molar-refractivity contribution in [1.29, 1.82) is 5.26 Å². The average Bonchev–Trinajstić information content (AvgIpc) is 3.69. The fraction of sp³-hybridized carbons (Fsp3) is 0.125. The molecule has 58 heavy (non-hydrogen) atoms. The van der Waals surface area contributed by atoms with Gasteiger partial charge in [0.1, 0.15) is 5.69 Å². The molecule has 0 aliphatic rings. The Morgan fingerprint density at radius 2 is 1.12 bits per heavy atom. The molecule has 0 unspecified atom stereocenters. The predicted molar refractivity (Wildman–Crippen MR) is 204 cm³/mol. The van der Waals surface area contributed by atoms with Crippen LogP contribution in [0.2, 0.25) is 0 Å². The van der Waals surface area contributed by atoms with Crippen LogP contribution in [-0.2, 0) is 43.7 Å². The standard InChI is InChI=1S/C21H19F3N3.C18H11N3O6.CHNS.Ru/c1-20(2,3)16-8-6-14(7-9-16)4-5-15-10-11-25-17(12-15)18-13-19(27-26-18)21(22,23)24;22-16(23)9-1-3-19-12(5-9)14-7-11(18(26)27)8-15(21-14)13-6-10(17(24)25)2-4-20-13;2-1-3;/h4-13H,1-3H3;1-8H,(H,22,23)(H,24,25)(H,26,27);3H;/q-1;;;+2/p-1. The van der Waals surface area contributed by atoms with Crippen molar-refractivity contribution in [3.63, 3.8) is 0 Å². The molecule has 0 aliphatic heterocycles. The van der Waals surface area contributed by atoms with Crippen LogP contribution in [0.5, 0.6) is 0 Å². The summed E-state index contributed by atoms with van der Waals surface area (Å²) < 4.78 is 38.0. The number of nitrogens with zero attached hydrogens (tertiary/aromatic N) is 7. The normalized spacial score (nSPS) is 10.8.